The van der Waals surface area contributed by atoms with E-state index in [9.17, 15) is 9.90 Å². The second kappa shape index (κ2) is 2.32. The Hall–Kier alpha value is -1.35. The zero-order valence-electron chi connectivity index (χ0n) is 6.57. The number of Topliss-reactive ketones (excluding diaryl/α,β-unsaturated/α-hetero) is 1. The number of methoxy groups -OCH3 is 1. The summed E-state index contributed by atoms with van der Waals surface area (Å²) >= 11 is 0. The number of carbonyl (C=O) groups is 1. The van der Waals surface area contributed by atoms with Gasteiger partial charge in [0.05, 0.1) is 7.11 Å². The van der Waals surface area contributed by atoms with Gasteiger partial charge >= 0.3 is 0 Å². The number of benzene rings is 1. The third kappa shape index (κ3) is 0.713. The molecule has 0 spiro atoms. The molecule has 62 valence electrons. The molecule has 3 nitrogen and oxygen atoms in total. The van der Waals surface area contributed by atoms with Gasteiger partial charge in [-0.3, -0.25) is 4.79 Å². The fourth-order valence-electron chi connectivity index (χ4n) is 1.42. The van der Waals surface area contributed by atoms with Gasteiger partial charge in [-0.2, -0.15) is 0 Å². The molecular formula is C9H8O3. The first-order valence-corrected chi connectivity index (χ1v) is 3.65. The van der Waals surface area contributed by atoms with Crippen molar-refractivity contribution in [2.24, 2.45) is 0 Å². The van der Waals surface area contributed by atoms with Crippen molar-refractivity contribution >= 4 is 5.78 Å². The van der Waals surface area contributed by atoms with Gasteiger partial charge in [-0.15, -0.1) is 0 Å². The van der Waals surface area contributed by atoms with E-state index in [4.69, 9.17) is 4.74 Å². The van der Waals surface area contributed by atoms with Gasteiger partial charge < -0.3 is 9.84 Å². The number of ether oxygens (including phenoxy) is 1. The molecule has 0 saturated carbocycles. The largest absolute Gasteiger partial charge is 0.496 e. The second-order valence-electron chi connectivity index (χ2n) is 2.69. The van der Waals surface area contributed by atoms with Crippen molar-refractivity contribution in [2.45, 2.75) is 6.10 Å². The predicted octanol–water partition coefficient (Wildman–Crippen LogP) is 0.925. The fourth-order valence-corrected chi connectivity index (χ4v) is 1.42. The lowest BCUT2D eigenvalue weighted by molar-refractivity contribution is 0.0665. The molecule has 1 N–H and O–H groups in total. The third-order valence-corrected chi connectivity index (χ3v) is 2.07. The Labute approximate surface area is 69.6 Å². The molecule has 0 amide bonds. The molecule has 1 unspecified atom stereocenters. The maximum absolute atomic E-state index is 11.0. The number of ketones is 1. The summed E-state index contributed by atoms with van der Waals surface area (Å²) in [6.45, 7) is 0. The van der Waals surface area contributed by atoms with Crippen molar-refractivity contribution in [2.75, 3.05) is 7.11 Å². The minimum absolute atomic E-state index is 0.219. The Bertz CT molecular complexity index is 344. The van der Waals surface area contributed by atoms with Crippen LogP contribution in [0.15, 0.2) is 18.2 Å². The third-order valence-electron chi connectivity index (χ3n) is 2.07. The molecule has 0 heterocycles. The summed E-state index contributed by atoms with van der Waals surface area (Å²) in [7, 11) is 1.52. The Kier molecular flexibility index (Phi) is 1.41. The van der Waals surface area contributed by atoms with Gasteiger partial charge in [-0.05, 0) is 6.07 Å². The molecule has 0 radical (unpaired) electrons. The van der Waals surface area contributed by atoms with Gasteiger partial charge in [0.25, 0.3) is 0 Å². The fraction of sp³-hybridized carbons (Fsp3) is 0.222. The molecule has 1 aliphatic rings. The van der Waals surface area contributed by atoms with Crippen molar-refractivity contribution in [1.82, 2.24) is 0 Å². The van der Waals surface area contributed by atoms with Crippen LogP contribution in [-0.4, -0.2) is 18.0 Å². The first kappa shape index (κ1) is 7.31. The van der Waals surface area contributed by atoms with Crippen LogP contribution in [0.4, 0.5) is 0 Å². The molecule has 0 fully saturated rings. The van der Waals surface area contributed by atoms with E-state index >= 15 is 0 Å². The summed E-state index contributed by atoms with van der Waals surface area (Å²) < 4.78 is 4.98. The number of aliphatic hydroxyl groups excluding tert-OH is 1. The minimum Gasteiger partial charge on any atom is -0.496 e. The molecule has 2 rings (SSSR count). The first-order valence-electron chi connectivity index (χ1n) is 3.65. The van der Waals surface area contributed by atoms with Crippen LogP contribution < -0.4 is 4.74 Å². The number of aliphatic hydroxyl groups is 1. The van der Waals surface area contributed by atoms with Crippen LogP contribution in [0, 0.1) is 0 Å². The quantitative estimate of drug-likeness (QED) is 0.671. The van der Waals surface area contributed by atoms with Gasteiger partial charge in [-0.25, -0.2) is 0 Å². The molecule has 3 heteroatoms. The minimum atomic E-state index is -0.976. The standard InChI is InChI=1S/C9H8O3/c1-12-6-4-2-3-5-7(6)9(11)8(5)10/h2-4,9,11H,1H3. The van der Waals surface area contributed by atoms with Gasteiger partial charge in [0.15, 0.2) is 5.78 Å². The van der Waals surface area contributed by atoms with Crippen molar-refractivity contribution in [3.8, 4) is 5.75 Å². The van der Waals surface area contributed by atoms with E-state index in [1.807, 2.05) is 0 Å². The van der Waals surface area contributed by atoms with Gasteiger partial charge in [0.1, 0.15) is 11.9 Å². The van der Waals surface area contributed by atoms with Crippen LogP contribution >= 0.6 is 0 Å². The zero-order chi connectivity index (χ0) is 8.72. The van der Waals surface area contributed by atoms with Crippen LogP contribution in [0.3, 0.4) is 0 Å². The molecule has 1 aliphatic carbocycles. The first-order chi connectivity index (χ1) is 5.75. The Morgan fingerprint density at radius 1 is 1.50 bits per heavy atom. The molecule has 12 heavy (non-hydrogen) atoms. The highest BCUT2D eigenvalue weighted by Gasteiger charge is 2.36. The van der Waals surface area contributed by atoms with Crippen LogP contribution in [-0.2, 0) is 0 Å². The molecule has 1 aromatic carbocycles. The highest BCUT2D eigenvalue weighted by molar-refractivity contribution is 6.10. The van der Waals surface area contributed by atoms with Gasteiger partial charge in [0, 0.05) is 11.1 Å². The lowest BCUT2D eigenvalue weighted by Crippen LogP contribution is -2.26. The normalized spacial score (nSPS) is 19.8. The number of hydrogen-bond acceptors (Lipinski definition) is 3. The predicted molar refractivity (Wildman–Crippen MR) is 42.3 cm³/mol. The molecule has 0 aliphatic heterocycles. The molecule has 0 aromatic heterocycles. The van der Waals surface area contributed by atoms with E-state index in [1.165, 1.54) is 7.11 Å². The highest BCUT2D eigenvalue weighted by atomic mass is 16.5. The lowest BCUT2D eigenvalue weighted by Gasteiger charge is -2.25. The summed E-state index contributed by atoms with van der Waals surface area (Å²) in [6, 6.07) is 5.16. The molecule has 0 saturated heterocycles. The van der Waals surface area contributed by atoms with Crippen molar-refractivity contribution < 1.29 is 14.6 Å². The van der Waals surface area contributed by atoms with E-state index in [2.05, 4.69) is 0 Å². The van der Waals surface area contributed by atoms with E-state index in [1.54, 1.807) is 18.2 Å². The average molecular weight is 164 g/mol. The number of rotatable bonds is 1. The highest BCUT2D eigenvalue weighted by Crippen LogP contribution is 2.39. The van der Waals surface area contributed by atoms with Crippen molar-refractivity contribution in [1.29, 1.82) is 0 Å². The summed E-state index contributed by atoms with van der Waals surface area (Å²) in [5.74, 6) is 0.364. The van der Waals surface area contributed by atoms with Crippen LogP contribution in [0.1, 0.15) is 22.0 Å². The van der Waals surface area contributed by atoms with E-state index in [-0.39, 0.29) is 5.78 Å². The molecular weight excluding hydrogens is 156 g/mol. The van der Waals surface area contributed by atoms with Crippen LogP contribution in [0.5, 0.6) is 5.75 Å². The van der Waals surface area contributed by atoms with Crippen molar-refractivity contribution in [3.63, 3.8) is 0 Å². The van der Waals surface area contributed by atoms with Crippen LogP contribution in [0.2, 0.25) is 0 Å². The van der Waals surface area contributed by atoms with Crippen LogP contribution in [0.25, 0.3) is 0 Å². The number of fused-ring (bicyclic) bond motifs is 1. The molecule has 1 aromatic rings. The monoisotopic (exact) mass is 164 g/mol. The maximum atomic E-state index is 11.0. The summed E-state index contributed by atoms with van der Waals surface area (Å²) in [6.07, 6.45) is -0.976. The average Bonchev–Trinajstić information content (AvgIpc) is 2.15. The number of hydrogen-bond donors (Lipinski definition) is 1. The van der Waals surface area contributed by atoms with E-state index < -0.39 is 6.10 Å². The Morgan fingerprint density at radius 3 is 2.92 bits per heavy atom. The van der Waals surface area contributed by atoms with Gasteiger partial charge in [-0.1, -0.05) is 12.1 Å². The second-order valence-corrected chi connectivity index (χ2v) is 2.69. The Morgan fingerprint density at radius 2 is 2.25 bits per heavy atom. The zero-order valence-corrected chi connectivity index (χ0v) is 6.57. The lowest BCUT2D eigenvalue weighted by atomic mass is 9.83. The molecule has 1 atom stereocenters. The van der Waals surface area contributed by atoms with Gasteiger partial charge in [0.2, 0.25) is 0 Å². The maximum Gasteiger partial charge on any atom is 0.196 e. The molecule has 0 bridgehead atoms. The Balaban J connectivity index is 2.58. The SMILES string of the molecule is COc1cccc2c1C(O)C2=O. The summed E-state index contributed by atoms with van der Waals surface area (Å²) in [5.41, 5.74) is 1.19. The smallest absolute Gasteiger partial charge is 0.196 e. The summed E-state index contributed by atoms with van der Waals surface area (Å²) in [4.78, 5) is 11.0. The van der Waals surface area contributed by atoms with E-state index in [0.717, 1.165) is 0 Å². The number of carbonyl (C=O) groups excluding carboxylic acids is 1. The van der Waals surface area contributed by atoms with E-state index in [0.29, 0.717) is 16.9 Å². The van der Waals surface area contributed by atoms with Crippen molar-refractivity contribution in [3.05, 3.63) is 29.3 Å². The summed E-state index contributed by atoms with van der Waals surface area (Å²) in [5, 5.41) is 9.25. The topological polar surface area (TPSA) is 46.5 Å².